The SMILES string of the molecule is Clc1nc(NCc2ccncc2)c2ncn(C3CCCC3)c2n1. The highest BCUT2D eigenvalue weighted by Gasteiger charge is 2.21. The van der Waals surface area contributed by atoms with E-state index in [9.17, 15) is 0 Å². The van der Waals surface area contributed by atoms with E-state index < -0.39 is 0 Å². The van der Waals surface area contributed by atoms with Crippen molar-refractivity contribution in [1.82, 2.24) is 24.5 Å². The fraction of sp³-hybridized carbons (Fsp3) is 0.375. The number of hydrogen-bond acceptors (Lipinski definition) is 5. The maximum Gasteiger partial charge on any atom is 0.226 e. The van der Waals surface area contributed by atoms with Crippen LogP contribution in [0.5, 0.6) is 0 Å². The summed E-state index contributed by atoms with van der Waals surface area (Å²) in [6, 6.07) is 4.40. The van der Waals surface area contributed by atoms with Crippen molar-refractivity contribution in [2.24, 2.45) is 0 Å². The van der Waals surface area contributed by atoms with Gasteiger partial charge in [-0.3, -0.25) is 4.98 Å². The Kier molecular flexibility index (Phi) is 3.83. The minimum atomic E-state index is 0.245. The van der Waals surface area contributed by atoms with E-state index in [1.165, 1.54) is 25.7 Å². The van der Waals surface area contributed by atoms with Crippen molar-refractivity contribution in [3.8, 4) is 0 Å². The third-order valence-electron chi connectivity index (χ3n) is 4.32. The van der Waals surface area contributed by atoms with E-state index in [-0.39, 0.29) is 5.28 Å². The Morgan fingerprint density at radius 1 is 1.17 bits per heavy atom. The average Bonchev–Trinajstić information content (AvgIpc) is 3.22. The zero-order valence-corrected chi connectivity index (χ0v) is 13.4. The average molecular weight is 329 g/mol. The first-order chi connectivity index (χ1) is 11.3. The van der Waals surface area contributed by atoms with Crippen LogP contribution in [0.1, 0.15) is 37.3 Å². The fourth-order valence-corrected chi connectivity index (χ4v) is 3.31. The number of nitrogens with one attached hydrogen (secondary N) is 1. The summed E-state index contributed by atoms with van der Waals surface area (Å²) in [6.07, 6.45) is 10.3. The van der Waals surface area contributed by atoms with Gasteiger partial charge in [-0.1, -0.05) is 12.8 Å². The Labute approximate surface area is 139 Å². The van der Waals surface area contributed by atoms with Gasteiger partial charge in [0.05, 0.1) is 6.33 Å². The van der Waals surface area contributed by atoms with Gasteiger partial charge in [-0.25, -0.2) is 4.98 Å². The molecule has 1 aliphatic rings. The van der Waals surface area contributed by atoms with Crippen LogP contribution in [0.25, 0.3) is 11.2 Å². The summed E-state index contributed by atoms with van der Waals surface area (Å²) >= 11 is 6.13. The van der Waals surface area contributed by atoms with Crippen molar-refractivity contribution >= 4 is 28.6 Å². The molecule has 1 fully saturated rings. The summed E-state index contributed by atoms with van der Waals surface area (Å²) in [4.78, 5) is 17.3. The molecule has 0 spiro atoms. The van der Waals surface area contributed by atoms with Crippen LogP contribution in [0.2, 0.25) is 5.28 Å². The predicted octanol–water partition coefficient (Wildman–Crippen LogP) is 3.60. The molecule has 0 bridgehead atoms. The number of pyridine rings is 1. The van der Waals surface area contributed by atoms with Crippen molar-refractivity contribution in [2.75, 3.05) is 5.32 Å². The van der Waals surface area contributed by atoms with Crippen LogP contribution in [-0.2, 0) is 6.54 Å². The van der Waals surface area contributed by atoms with Gasteiger partial charge in [-0.2, -0.15) is 9.97 Å². The lowest BCUT2D eigenvalue weighted by Gasteiger charge is -2.12. The first-order valence-electron chi connectivity index (χ1n) is 7.84. The quantitative estimate of drug-likeness (QED) is 0.741. The molecule has 0 saturated heterocycles. The van der Waals surface area contributed by atoms with Crippen molar-refractivity contribution < 1.29 is 0 Å². The van der Waals surface area contributed by atoms with Crippen LogP contribution in [0, 0.1) is 0 Å². The van der Waals surface area contributed by atoms with Gasteiger partial charge < -0.3 is 9.88 Å². The van der Waals surface area contributed by atoms with Crippen LogP contribution in [0.15, 0.2) is 30.9 Å². The molecular weight excluding hydrogens is 312 g/mol. The van der Waals surface area contributed by atoms with Crippen LogP contribution < -0.4 is 5.32 Å². The molecule has 7 heteroatoms. The third-order valence-corrected chi connectivity index (χ3v) is 4.49. The van der Waals surface area contributed by atoms with Crippen molar-refractivity contribution in [2.45, 2.75) is 38.3 Å². The molecular formula is C16H17ClN6. The lowest BCUT2D eigenvalue weighted by molar-refractivity contribution is 0.529. The molecule has 3 aromatic rings. The summed E-state index contributed by atoms with van der Waals surface area (Å²) in [7, 11) is 0. The number of aromatic nitrogens is 5. The molecule has 3 aromatic heterocycles. The van der Waals surface area contributed by atoms with Gasteiger partial charge in [0.25, 0.3) is 0 Å². The normalized spacial score (nSPS) is 15.3. The van der Waals surface area contributed by atoms with Crippen LogP contribution in [0.4, 0.5) is 5.82 Å². The molecule has 1 saturated carbocycles. The van der Waals surface area contributed by atoms with E-state index >= 15 is 0 Å². The summed E-state index contributed by atoms with van der Waals surface area (Å²) in [5.74, 6) is 0.675. The van der Waals surface area contributed by atoms with Gasteiger partial charge in [0.1, 0.15) is 0 Å². The number of imidazole rings is 1. The molecule has 0 unspecified atom stereocenters. The number of nitrogens with zero attached hydrogens (tertiary/aromatic N) is 5. The van der Waals surface area contributed by atoms with E-state index in [0.717, 1.165) is 16.7 Å². The fourth-order valence-electron chi connectivity index (χ4n) is 3.15. The molecule has 1 aliphatic carbocycles. The van der Waals surface area contributed by atoms with E-state index in [2.05, 4.69) is 29.8 Å². The van der Waals surface area contributed by atoms with E-state index in [4.69, 9.17) is 11.6 Å². The molecule has 3 heterocycles. The van der Waals surface area contributed by atoms with Crippen molar-refractivity contribution in [1.29, 1.82) is 0 Å². The molecule has 0 aromatic carbocycles. The molecule has 6 nitrogen and oxygen atoms in total. The largest absolute Gasteiger partial charge is 0.364 e. The minimum Gasteiger partial charge on any atom is -0.364 e. The molecule has 118 valence electrons. The Hall–Kier alpha value is -2.21. The number of anilines is 1. The number of hydrogen-bond donors (Lipinski definition) is 1. The van der Waals surface area contributed by atoms with Gasteiger partial charge in [0.15, 0.2) is 17.0 Å². The van der Waals surface area contributed by atoms with Crippen LogP contribution >= 0.6 is 11.6 Å². The summed E-state index contributed by atoms with van der Waals surface area (Å²) in [5, 5.41) is 3.55. The van der Waals surface area contributed by atoms with Crippen LogP contribution in [0.3, 0.4) is 0 Å². The maximum atomic E-state index is 6.13. The van der Waals surface area contributed by atoms with E-state index in [1.54, 1.807) is 12.4 Å². The molecule has 0 atom stereocenters. The topological polar surface area (TPSA) is 68.5 Å². The second-order valence-electron chi connectivity index (χ2n) is 5.81. The van der Waals surface area contributed by atoms with E-state index in [0.29, 0.717) is 18.4 Å². The number of fused-ring (bicyclic) bond motifs is 1. The molecule has 23 heavy (non-hydrogen) atoms. The minimum absolute atomic E-state index is 0.245. The summed E-state index contributed by atoms with van der Waals surface area (Å²) in [5.41, 5.74) is 2.71. The third kappa shape index (κ3) is 2.86. The Balaban J connectivity index is 1.66. The second-order valence-corrected chi connectivity index (χ2v) is 6.15. The number of rotatable bonds is 4. The van der Waals surface area contributed by atoms with Crippen molar-refractivity contribution in [3.05, 3.63) is 41.7 Å². The standard InChI is InChI=1S/C16H17ClN6/c17-16-21-14(19-9-11-5-7-18-8-6-11)13-15(22-16)23(10-20-13)12-3-1-2-4-12/h5-8,10,12H,1-4,9H2,(H,19,21,22). The zero-order chi connectivity index (χ0) is 15.6. The summed E-state index contributed by atoms with van der Waals surface area (Å²) < 4.78 is 2.15. The first kappa shape index (κ1) is 14.4. The first-order valence-corrected chi connectivity index (χ1v) is 8.22. The molecule has 0 radical (unpaired) electrons. The lowest BCUT2D eigenvalue weighted by Crippen LogP contribution is -2.06. The highest BCUT2D eigenvalue weighted by molar-refractivity contribution is 6.28. The van der Waals surface area contributed by atoms with Gasteiger partial charge in [0, 0.05) is 25.0 Å². The van der Waals surface area contributed by atoms with Gasteiger partial charge in [-0.05, 0) is 42.1 Å². The smallest absolute Gasteiger partial charge is 0.226 e. The van der Waals surface area contributed by atoms with Crippen LogP contribution in [-0.4, -0.2) is 24.5 Å². The predicted molar refractivity (Wildman–Crippen MR) is 89.4 cm³/mol. The monoisotopic (exact) mass is 328 g/mol. The van der Waals surface area contributed by atoms with Gasteiger partial charge >= 0.3 is 0 Å². The highest BCUT2D eigenvalue weighted by Crippen LogP contribution is 2.33. The molecule has 4 rings (SSSR count). The maximum absolute atomic E-state index is 6.13. The Morgan fingerprint density at radius 3 is 2.74 bits per heavy atom. The summed E-state index contributed by atoms with van der Waals surface area (Å²) in [6.45, 7) is 0.640. The van der Waals surface area contributed by atoms with Gasteiger partial charge in [0.2, 0.25) is 5.28 Å². The molecule has 1 N–H and O–H groups in total. The molecule has 0 aliphatic heterocycles. The second kappa shape index (κ2) is 6.12. The Bertz CT molecular complexity index is 810. The Morgan fingerprint density at radius 2 is 1.96 bits per heavy atom. The molecule has 0 amide bonds. The number of halogens is 1. The lowest BCUT2D eigenvalue weighted by atomic mass is 10.2. The highest BCUT2D eigenvalue weighted by atomic mass is 35.5. The van der Waals surface area contributed by atoms with Crippen molar-refractivity contribution in [3.63, 3.8) is 0 Å². The van der Waals surface area contributed by atoms with E-state index in [1.807, 2.05) is 18.5 Å². The van der Waals surface area contributed by atoms with Gasteiger partial charge in [-0.15, -0.1) is 0 Å². The zero-order valence-electron chi connectivity index (χ0n) is 12.6.